The van der Waals surface area contributed by atoms with E-state index in [1.165, 1.54) is 24.3 Å². The van der Waals surface area contributed by atoms with Crippen LogP contribution in [0.4, 0.5) is 8.78 Å². The Hall–Kier alpha value is -3.16. The van der Waals surface area contributed by atoms with Crippen LogP contribution in [0.1, 0.15) is 28.8 Å². The van der Waals surface area contributed by atoms with Gasteiger partial charge < -0.3 is 19.9 Å². The predicted octanol–water partition coefficient (Wildman–Crippen LogP) is 3.46. The molecule has 0 aliphatic carbocycles. The molecule has 2 rings (SSSR count). The molecule has 0 heterocycles. The van der Waals surface area contributed by atoms with Crippen molar-refractivity contribution in [3.05, 3.63) is 59.7 Å². The molecular weight excluding hydrogens is 360 g/mol. The van der Waals surface area contributed by atoms with E-state index in [0.29, 0.717) is 24.3 Å². The third kappa shape index (κ3) is 7.31. The molecule has 0 spiro atoms. The standard InChI is InChI=1S/C19H19F2NO5/c20-19(21)27-16-9-5-14(6-10-16)18(25)22-12-13-3-7-15(8-4-13)26-11-1-2-17(23)24/h3-10,19H,1-2,11-12H2,(H,22,25)(H,23,24). The van der Waals surface area contributed by atoms with Crippen LogP contribution in [0.5, 0.6) is 11.5 Å². The van der Waals surface area contributed by atoms with E-state index in [1.54, 1.807) is 24.3 Å². The van der Waals surface area contributed by atoms with Crippen LogP contribution >= 0.6 is 0 Å². The minimum absolute atomic E-state index is 0.0134. The molecule has 144 valence electrons. The number of alkyl halides is 2. The average Bonchev–Trinajstić information content (AvgIpc) is 2.64. The number of rotatable bonds is 10. The van der Waals surface area contributed by atoms with Crippen molar-refractivity contribution >= 4 is 11.9 Å². The molecule has 0 aromatic heterocycles. The lowest BCUT2D eigenvalue weighted by atomic mass is 10.2. The Balaban J connectivity index is 1.78. The van der Waals surface area contributed by atoms with Crippen molar-refractivity contribution in [1.82, 2.24) is 5.32 Å². The number of ether oxygens (including phenoxy) is 2. The first kappa shape index (κ1) is 20.2. The van der Waals surface area contributed by atoms with Crippen LogP contribution in [-0.4, -0.2) is 30.2 Å². The smallest absolute Gasteiger partial charge is 0.387 e. The SMILES string of the molecule is O=C(O)CCCOc1ccc(CNC(=O)c2ccc(OC(F)F)cc2)cc1. The Labute approximate surface area is 154 Å². The van der Waals surface area contributed by atoms with Crippen molar-refractivity contribution in [2.45, 2.75) is 26.0 Å². The molecule has 2 N–H and O–H groups in total. The number of hydrogen-bond acceptors (Lipinski definition) is 4. The molecule has 0 unspecified atom stereocenters. The number of carboxylic acid groups (broad SMARTS) is 1. The molecule has 27 heavy (non-hydrogen) atoms. The average molecular weight is 379 g/mol. The van der Waals surface area contributed by atoms with Gasteiger partial charge in [0.15, 0.2) is 0 Å². The van der Waals surface area contributed by atoms with E-state index in [9.17, 15) is 18.4 Å². The molecule has 0 saturated carbocycles. The van der Waals surface area contributed by atoms with Gasteiger partial charge in [-0.2, -0.15) is 8.78 Å². The highest BCUT2D eigenvalue weighted by atomic mass is 19.3. The van der Waals surface area contributed by atoms with Crippen LogP contribution in [0, 0.1) is 0 Å². The molecule has 0 aliphatic heterocycles. The van der Waals surface area contributed by atoms with Gasteiger partial charge in [-0.1, -0.05) is 12.1 Å². The summed E-state index contributed by atoms with van der Waals surface area (Å²) in [6, 6.07) is 12.5. The second-order valence-electron chi connectivity index (χ2n) is 5.58. The van der Waals surface area contributed by atoms with Crippen LogP contribution in [-0.2, 0) is 11.3 Å². The zero-order valence-corrected chi connectivity index (χ0v) is 14.4. The number of benzene rings is 2. The Morgan fingerprint density at radius 3 is 2.22 bits per heavy atom. The Bertz CT molecular complexity index is 748. The summed E-state index contributed by atoms with van der Waals surface area (Å²) in [5, 5.41) is 11.3. The number of nitrogens with one attached hydrogen (secondary N) is 1. The summed E-state index contributed by atoms with van der Waals surface area (Å²) in [7, 11) is 0. The lowest BCUT2D eigenvalue weighted by molar-refractivity contribution is -0.137. The minimum atomic E-state index is -2.91. The van der Waals surface area contributed by atoms with Crippen molar-refractivity contribution < 1.29 is 33.0 Å². The van der Waals surface area contributed by atoms with Gasteiger partial charge >= 0.3 is 12.6 Å². The fourth-order valence-electron chi connectivity index (χ4n) is 2.19. The number of halogens is 2. The van der Waals surface area contributed by atoms with E-state index in [4.69, 9.17) is 9.84 Å². The maximum Gasteiger partial charge on any atom is 0.387 e. The van der Waals surface area contributed by atoms with Crippen molar-refractivity contribution in [3.63, 3.8) is 0 Å². The van der Waals surface area contributed by atoms with Crippen molar-refractivity contribution in [2.24, 2.45) is 0 Å². The lowest BCUT2D eigenvalue weighted by Gasteiger charge is -2.09. The molecule has 1 amide bonds. The topological polar surface area (TPSA) is 84.9 Å². The normalized spacial score (nSPS) is 10.5. The molecule has 2 aromatic rings. The van der Waals surface area contributed by atoms with E-state index >= 15 is 0 Å². The number of hydrogen-bond donors (Lipinski definition) is 2. The predicted molar refractivity (Wildman–Crippen MR) is 93.1 cm³/mol. The molecule has 0 radical (unpaired) electrons. The van der Waals surface area contributed by atoms with Crippen LogP contribution in [0.2, 0.25) is 0 Å². The minimum Gasteiger partial charge on any atom is -0.494 e. The molecule has 0 saturated heterocycles. The van der Waals surface area contributed by atoms with E-state index in [0.717, 1.165) is 5.56 Å². The molecule has 0 aliphatic rings. The van der Waals surface area contributed by atoms with Gasteiger partial charge in [0, 0.05) is 18.5 Å². The van der Waals surface area contributed by atoms with Gasteiger partial charge in [0.05, 0.1) is 6.61 Å². The van der Waals surface area contributed by atoms with Crippen LogP contribution in [0.25, 0.3) is 0 Å². The summed E-state index contributed by atoms with van der Waals surface area (Å²) in [5.41, 5.74) is 1.17. The van der Waals surface area contributed by atoms with Crippen molar-refractivity contribution in [3.8, 4) is 11.5 Å². The molecule has 0 fully saturated rings. The van der Waals surface area contributed by atoms with Gasteiger partial charge in [-0.15, -0.1) is 0 Å². The highest BCUT2D eigenvalue weighted by molar-refractivity contribution is 5.94. The van der Waals surface area contributed by atoms with Crippen molar-refractivity contribution in [2.75, 3.05) is 6.61 Å². The second-order valence-corrected chi connectivity index (χ2v) is 5.58. The largest absolute Gasteiger partial charge is 0.494 e. The highest BCUT2D eigenvalue weighted by Crippen LogP contribution is 2.15. The number of carboxylic acids is 1. The van der Waals surface area contributed by atoms with Gasteiger partial charge in [0.2, 0.25) is 0 Å². The fraction of sp³-hybridized carbons (Fsp3) is 0.263. The number of carbonyl (C=O) groups excluding carboxylic acids is 1. The maximum absolute atomic E-state index is 12.1. The van der Waals surface area contributed by atoms with E-state index in [-0.39, 0.29) is 24.6 Å². The summed E-state index contributed by atoms with van der Waals surface area (Å²) in [6.45, 7) is -2.31. The van der Waals surface area contributed by atoms with Crippen LogP contribution < -0.4 is 14.8 Å². The van der Waals surface area contributed by atoms with Gasteiger partial charge in [-0.3, -0.25) is 9.59 Å². The van der Waals surface area contributed by atoms with E-state index in [1.807, 2.05) is 0 Å². The Morgan fingerprint density at radius 2 is 1.63 bits per heavy atom. The zero-order valence-electron chi connectivity index (χ0n) is 14.4. The first-order valence-electron chi connectivity index (χ1n) is 8.20. The molecule has 6 nitrogen and oxygen atoms in total. The number of amides is 1. The molecular formula is C19H19F2NO5. The summed E-state index contributed by atoms with van der Waals surface area (Å²) in [6.07, 6.45) is 0.480. The van der Waals surface area contributed by atoms with Gasteiger partial charge in [-0.25, -0.2) is 0 Å². The Morgan fingerprint density at radius 1 is 1.00 bits per heavy atom. The molecule has 0 atom stereocenters. The summed E-state index contributed by atoms with van der Waals surface area (Å²) in [5.74, 6) is -0.598. The first-order valence-corrected chi connectivity index (χ1v) is 8.20. The number of aliphatic carboxylic acids is 1. The highest BCUT2D eigenvalue weighted by Gasteiger charge is 2.08. The summed E-state index contributed by atoms with van der Waals surface area (Å²) in [4.78, 5) is 22.5. The van der Waals surface area contributed by atoms with Gasteiger partial charge in [0.25, 0.3) is 5.91 Å². The quantitative estimate of drug-likeness (QED) is 0.618. The maximum atomic E-state index is 12.1. The summed E-state index contributed by atoms with van der Waals surface area (Å²) >= 11 is 0. The van der Waals surface area contributed by atoms with Crippen molar-refractivity contribution in [1.29, 1.82) is 0 Å². The third-order valence-corrected chi connectivity index (χ3v) is 3.52. The molecule has 0 bridgehead atoms. The van der Waals surface area contributed by atoms with Gasteiger partial charge in [0.1, 0.15) is 11.5 Å². The fourth-order valence-corrected chi connectivity index (χ4v) is 2.19. The number of carbonyl (C=O) groups is 2. The monoisotopic (exact) mass is 379 g/mol. The summed E-state index contributed by atoms with van der Waals surface area (Å²) < 4.78 is 33.9. The van der Waals surface area contributed by atoms with Crippen LogP contribution in [0.15, 0.2) is 48.5 Å². The van der Waals surface area contributed by atoms with Crippen LogP contribution in [0.3, 0.4) is 0 Å². The zero-order chi connectivity index (χ0) is 19.6. The first-order chi connectivity index (χ1) is 12.9. The van der Waals surface area contributed by atoms with Gasteiger partial charge in [-0.05, 0) is 48.4 Å². The lowest BCUT2D eigenvalue weighted by Crippen LogP contribution is -2.22. The second kappa shape index (κ2) is 10.1. The third-order valence-electron chi connectivity index (χ3n) is 3.52. The van der Waals surface area contributed by atoms with E-state index < -0.39 is 12.6 Å². The molecule has 8 heteroatoms. The molecule has 2 aromatic carbocycles. The van der Waals surface area contributed by atoms with E-state index in [2.05, 4.69) is 10.1 Å². The Kier molecular flexibility index (Phi) is 7.54.